The van der Waals surface area contributed by atoms with Crippen molar-refractivity contribution in [2.45, 2.75) is 0 Å². The first-order chi connectivity index (χ1) is 9.32. The van der Waals surface area contributed by atoms with Crippen molar-refractivity contribution in [3.8, 4) is 0 Å². The Bertz CT molecular complexity index is 661. The van der Waals surface area contributed by atoms with E-state index in [0.29, 0.717) is 0 Å². The van der Waals surface area contributed by atoms with Gasteiger partial charge < -0.3 is 11.1 Å². The SMILES string of the molecule is Nc1ccc(Cl)cc1Nc1c(F)c(F)c(F)c(F)c1F. The fourth-order valence-electron chi connectivity index (χ4n) is 1.49. The average molecular weight is 309 g/mol. The van der Waals surface area contributed by atoms with E-state index in [1.165, 1.54) is 18.2 Å². The van der Waals surface area contributed by atoms with Gasteiger partial charge in [-0.3, -0.25) is 0 Å². The van der Waals surface area contributed by atoms with Crippen molar-refractivity contribution in [1.82, 2.24) is 0 Å². The normalized spacial score (nSPS) is 10.7. The smallest absolute Gasteiger partial charge is 0.200 e. The minimum atomic E-state index is -2.23. The molecule has 0 unspecified atom stereocenters. The Hall–Kier alpha value is -2.02. The number of hydrogen-bond acceptors (Lipinski definition) is 2. The van der Waals surface area contributed by atoms with Crippen LogP contribution < -0.4 is 11.1 Å². The lowest BCUT2D eigenvalue weighted by atomic mass is 10.2. The first kappa shape index (κ1) is 14.4. The van der Waals surface area contributed by atoms with E-state index in [1.54, 1.807) is 0 Å². The molecule has 0 aliphatic heterocycles. The fourth-order valence-corrected chi connectivity index (χ4v) is 1.66. The molecule has 0 aromatic heterocycles. The first-order valence-corrected chi connectivity index (χ1v) is 5.54. The first-order valence-electron chi connectivity index (χ1n) is 5.16. The zero-order valence-electron chi connectivity index (χ0n) is 9.58. The molecule has 0 heterocycles. The average Bonchev–Trinajstić information content (AvgIpc) is 2.43. The lowest BCUT2D eigenvalue weighted by Crippen LogP contribution is -2.07. The number of nitrogens with one attached hydrogen (secondary N) is 1. The third-order valence-corrected chi connectivity index (χ3v) is 2.72. The zero-order chi connectivity index (χ0) is 15.0. The van der Waals surface area contributed by atoms with Gasteiger partial charge in [-0.1, -0.05) is 11.6 Å². The Morgan fingerprint density at radius 2 is 1.35 bits per heavy atom. The molecule has 20 heavy (non-hydrogen) atoms. The van der Waals surface area contributed by atoms with Crippen LogP contribution in [0.15, 0.2) is 18.2 Å². The van der Waals surface area contributed by atoms with Gasteiger partial charge in [0.05, 0.1) is 11.4 Å². The summed E-state index contributed by atoms with van der Waals surface area (Å²) in [5.41, 5.74) is 4.26. The molecule has 0 aliphatic rings. The van der Waals surface area contributed by atoms with Crippen LogP contribution in [0, 0.1) is 29.1 Å². The predicted octanol–water partition coefficient (Wildman–Crippen LogP) is 4.36. The van der Waals surface area contributed by atoms with E-state index in [9.17, 15) is 22.0 Å². The Balaban J connectivity index is 2.57. The molecule has 0 spiro atoms. The van der Waals surface area contributed by atoms with Crippen molar-refractivity contribution < 1.29 is 22.0 Å². The van der Waals surface area contributed by atoms with Crippen molar-refractivity contribution in [1.29, 1.82) is 0 Å². The zero-order valence-corrected chi connectivity index (χ0v) is 10.3. The summed E-state index contributed by atoms with van der Waals surface area (Å²) in [6.45, 7) is 0. The van der Waals surface area contributed by atoms with Crippen LogP contribution in [0.1, 0.15) is 0 Å². The lowest BCUT2D eigenvalue weighted by Gasteiger charge is -2.12. The maximum atomic E-state index is 13.5. The molecule has 0 aliphatic carbocycles. The molecule has 2 rings (SSSR count). The van der Waals surface area contributed by atoms with Crippen molar-refractivity contribution >= 4 is 28.7 Å². The molecule has 3 N–H and O–H groups in total. The summed E-state index contributed by atoms with van der Waals surface area (Å²) in [5.74, 6) is -10.3. The molecule has 2 aromatic carbocycles. The Morgan fingerprint density at radius 3 is 1.90 bits per heavy atom. The third kappa shape index (κ3) is 2.36. The molecule has 0 saturated carbocycles. The highest BCUT2D eigenvalue weighted by Gasteiger charge is 2.26. The quantitative estimate of drug-likeness (QED) is 0.374. The number of nitrogens with two attached hydrogens (primary N) is 1. The number of rotatable bonds is 2. The van der Waals surface area contributed by atoms with Crippen molar-refractivity contribution in [2.75, 3.05) is 11.1 Å². The van der Waals surface area contributed by atoms with Gasteiger partial charge in [0.2, 0.25) is 5.82 Å². The molecule has 0 fully saturated rings. The highest BCUT2D eigenvalue weighted by molar-refractivity contribution is 6.31. The molecule has 0 saturated heterocycles. The van der Waals surface area contributed by atoms with Crippen LogP contribution in [0.2, 0.25) is 5.02 Å². The molecule has 0 radical (unpaired) electrons. The van der Waals surface area contributed by atoms with Gasteiger partial charge in [-0.15, -0.1) is 0 Å². The summed E-state index contributed by atoms with van der Waals surface area (Å²) >= 11 is 5.66. The summed E-state index contributed by atoms with van der Waals surface area (Å²) in [7, 11) is 0. The Kier molecular flexibility index (Phi) is 3.71. The molecular formula is C12H6ClF5N2. The fraction of sp³-hybridized carbons (Fsp3) is 0. The van der Waals surface area contributed by atoms with E-state index < -0.39 is 34.8 Å². The van der Waals surface area contributed by atoms with Crippen LogP contribution in [-0.2, 0) is 0 Å². The minimum absolute atomic E-state index is 0.0262. The van der Waals surface area contributed by atoms with Gasteiger partial charge in [0, 0.05) is 5.02 Å². The Morgan fingerprint density at radius 1 is 0.850 bits per heavy atom. The largest absolute Gasteiger partial charge is 0.397 e. The van der Waals surface area contributed by atoms with E-state index in [2.05, 4.69) is 5.32 Å². The number of benzene rings is 2. The maximum Gasteiger partial charge on any atom is 0.200 e. The monoisotopic (exact) mass is 308 g/mol. The van der Waals surface area contributed by atoms with Crippen LogP contribution in [0.5, 0.6) is 0 Å². The van der Waals surface area contributed by atoms with Crippen molar-refractivity contribution in [2.24, 2.45) is 0 Å². The molecule has 0 atom stereocenters. The Labute approximate surface area is 115 Å². The van der Waals surface area contributed by atoms with E-state index >= 15 is 0 Å². The molecule has 8 heteroatoms. The van der Waals surface area contributed by atoms with E-state index in [1.807, 2.05) is 0 Å². The van der Waals surface area contributed by atoms with Crippen LogP contribution in [0.4, 0.5) is 39.0 Å². The minimum Gasteiger partial charge on any atom is -0.397 e. The van der Waals surface area contributed by atoms with Crippen LogP contribution in [-0.4, -0.2) is 0 Å². The van der Waals surface area contributed by atoms with Crippen molar-refractivity contribution in [3.05, 3.63) is 52.3 Å². The summed E-state index contributed by atoms with van der Waals surface area (Å²) in [4.78, 5) is 0. The highest BCUT2D eigenvalue weighted by Crippen LogP contribution is 2.32. The number of hydrogen-bond donors (Lipinski definition) is 2. The molecule has 0 bridgehead atoms. The van der Waals surface area contributed by atoms with E-state index in [4.69, 9.17) is 17.3 Å². The maximum absolute atomic E-state index is 13.5. The number of nitrogen functional groups attached to an aromatic ring is 1. The highest BCUT2D eigenvalue weighted by atomic mass is 35.5. The van der Waals surface area contributed by atoms with Gasteiger partial charge in [-0.05, 0) is 18.2 Å². The van der Waals surface area contributed by atoms with Crippen molar-refractivity contribution in [3.63, 3.8) is 0 Å². The second kappa shape index (κ2) is 5.16. The van der Waals surface area contributed by atoms with Gasteiger partial charge in [0.1, 0.15) is 5.69 Å². The molecule has 2 aromatic rings. The summed E-state index contributed by atoms with van der Waals surface area (Å²) in [5, 5.41) is 2.22. The molecule has 2 nitrogen and oxygen atoms in total. The van der Waals surface area contributed by atoms with Gasteiger partial charge in [0.15, 0.2) is 23.3 Å². The lowest BCUT2D eigenvalue weighted by molar-refractivity contribution is 0.382. The second-order valence-corrected chi connectivity index (χ2v) is 4.24. The summed E-state index contributed by atoms with van der Waals surface area (Å²) in [6, 6.07) is 3.91. The molecule has 0 amide bonds. The number of anilines is 3. The van der Waals surface area contributed by atoms with Crippen LogP contribution in [0.25, 0.3) is 0 Å². The third-order valence-electron chi connectivity index (χ3n) is 2.48. The standard InChI is InChI=1S/C12H6ClF5N2/c13-4-1-2-5(19)6(3-4)20-12-10(17)8(15)7(14)9(16)11(12)18/h1-3,20H,19H2. The van der Waals surface area contributed by atoms with Gasteiger partial charge in [0.25, 0.3) is 0 Å². The number of halogens is 6. The van der Waals surface area contributed by atoms with E-state index in [-0.39, 0.29) is 16.4 Å². The van der Waals surface area contributed by atoms with Gasteiger partial charge in [-0.25, -0.2) is 22.0 Å². The van der Waals surface area contributed by atoms with Gasteiger partial charge in [-0.2, -0.15) is 0 Å². The van der Waals surface area contributed by atoms with Gasteiger partial charge >= 0.3 is 0 Å². The molecular weight excluding hydrogens is 303 g/mol. The predicted molar refractivity (Wildman–Crippen MR) is 65.4 cm³/mol. The van der Waals surface area contributed by atoms with Crippen LogP contribution >= 0.6 is 11.6 Å². The topological polar surface area (TPSA) is 38.0 Å². The second-order valence-electron chi connectivity index (χ2n) is 3.80. The summed E-state index contributed by atoms with van der Waals surface area (Å²) < 4.78 is 65.9. The van der Waals surface area contributed by atoms with Crippen LogP contribution in [0.3, 0.4) is 0 Å². The summed E-state index contributed by atoms with van der Waals surface area (Å²) in [6.07, 6.45) is 0. The molecule has 106 valence electrons. The van der Waals surface area contributed by atoms with E-state index in [0.717, 1.165) is 0 Å².